The van der Waals surface area contributed by atoms with Crippen molar-refractivity contribution in [3.63, 3.8) is 0 Å². The zero-order valence-electron chi connectivity index (χ0n) is 40.7. The van der Waals surface area contributed by atoms with Gasteiger partial charge in [-0.15, -0.1) is 0 Å². The number of carbonyl (C=O) groups excluding carboxylic acids is 4. The molecule has 8 heterocycles. The van der Waals surface area contributed by atoms with E-state index in [4.69, 9.17) is 23.9 Å². The van der Waals surface area contributed by atoms with Gasteiger partial charge in [0.25, 0.3) is 0 Å². The van der Waals surface area contributed by atoms with Crippen LogP contribution in [0.4, 0.5) is 14.0 Å². The average molecular weight is 984 g/mol. The second-order valence-corrected chi connectivity index (χ2v) is 19.5. The highest BCUT2D eigenvalue weighted by atomic mass is 19.1. The van der Waals surface area contributed by atoms with Crippen molar-refractivity contribution in [3.8, 4) is 45.3 Å². The smallest absolute Gasteiger partial charge is 0.407 e. The van der Waals surface area contributed by atoms with Gasteiger partial charge in [-0.1, -0.05) is 18.2 Å². The average Bonchev–Trinajstić information content (AvgIpc) is 4.25. The number of rotatable bonds is 10. The van der Waals surface area contributed by atoms with E-state index in [9.17, 15) is 19.2 Å². The number of hydrogen-bond acceptors (Lipinski definition) is 11. The third-order valence-electron chi connectivity index (χ3n) is 14.9. The molecular formula is C53H58FN9O9. The normalized spacial score (nSPS) is 22.8. The molecule has 3 saturated heterocycles. The number of aryl methyl sites for hydroxylation is 1. The van der Waals surface area contributed by atoms with Crippen LogP contribution in [-0.2, 0) is 30.2 Å². The summed E-state index contributed by atoms with van der Waals surface area (Å²) in [6.07, 6.45) is 7.31. The predicted molar refractivity (Wildman–Crippen MR) is 261 cm³/mol. The van der Waals surface area contributed by atoms with Gasteiger partial charge in [0.15, 0.2) is 0 Å². The van der Waals surface area contributed by atoms with Gasteiger partial charge in [0.2, 0.25) is 18.0 Å². The first kappa shape index (κ1) is 46.9. The summed E-state index contributed by atoms with van der Waals surface area (Å²) in [4.78, 5) is 71.7. The van der Waals surface area contributed by atoms with Gasteiger partial charge < -0.3 is 58.7 Å². The van der Waals surface area contributed by atoms with Crippen LogP contribution in [0.5, 0.6) is 11.5 Å². The summed E-state index contributed by atoms with van der Waals surface area (Å²) in [5.41, 5.74) is 6.42. The number of aromatic nitrogens is 5. The molecular weight excluding hydrogens is 926 g/mol. The van der Waals surface area contributed by atoms with E-state index in [1.54, 1.807) is 17.3 Å². The van der Waals surface area contributed by atoms with E-state index in [2.05, 4.69) is 36.4 Å². The number of alkyl carbamates (subject to hydrolysis) is 2. The molecule has 376 valence electrons. The lowest BCUT2D eigenvalue weighted by molar-refractivity contribution is -0.138. The summed E-state index contributed by atoms with van der Waals surface area (Å²) >= 11 is 0. The highest BCUT2D eigenvalue weighted by molar-refractivity contribution is 5.93. The van der Waals surface area contributed by atoms with Gasteiger partial charge in [-0.3, -0.25) is 9.59 Å². The van der Waals surface area contributed by atoms with Crippen LogP contribution < -0.4 is 20.1 Å². The van der Waals surface area contributed by atoms with Crippen LogP contribution in [0.15, 0.2) is 67.0 Å². The summed E-state index contributed by atoms with van der Waals surface area (Å²) < 4.78 is 47.6. The maximum absolute atomic E-state index is 17.0. The minimum Gasteiger partial charge on any atom is -0.493 e. The van der Waals surface area contributed by atoms with Crippen LogP contribution in [0, 0.1) is 11.7 Å². The van der Waals surface area contributed by atoms with Gasteiger partial charge >= 0.3 is 12.2 Å². The number of ether oxygens (including phenoxy) is 5. The molecule has 4 N–H and O–H groups in total. The van der Waals surface area contributed by atoms with Crippen LogP contribution in [0.25, 0.3) is 44.7 Å². The molecule has 2 unspecified atom stereocenters. The molecule has 6 atom stereocenters. The van der Waals surface area contributed by atoms with Crippen LogP contribution in [0.2, 0.25) is 0 Å². The Morgan fingerprint density at radius 3 is 2.26 bits per heavy atom. The Balaban J connectivity index is 0.908. The first-order valence-electron chi connectivity index (χ1n) is 24.9. The van der Waals surface area contributed by atoms with Gasteiger partial charge in [0, 0.05) is 35.2 Å². The number of benzene rings is 3. The molecule has 4 amide bonds. The van der Waals surface area contributed by atoms with E-state index in [0.717, 1.165) is 64.7 Å². The van der Waals surface area contributed by atoms with Crippen molar-refractivity contribution in [2.75, 3.05) is 40.5 Å². The van der Waals surface area contributed by atoms with Crippen LogP contribution in [-0.4, -0.2) is 117 Å². The van der Waals surface area contributed by atoms with Crippen LogP contribution in [0.1, 0.15) is 99.9 Å². The fraction of sp³-hybridized carbons (Fsp3) is 0.434. The van der Waals surface area contributed by atoms with Crippen LogP contribution in [0.3, 0.4) is 0 Å². The molecule has 6 aromatic rings. The summed E-state index contributed by atoms with van der Waals surface area (Å²) in [7, 11) is 2.54. The summed E-state index contributed by atoms with van der Waals surface area (Å²) in [5, 5.41) is 6.17. The number of amides is 4. The van der Waals surface area contributed by atoms with E-state index >= 15 is 4.39 Å². The number of hydrogen-bond donors (Lipinski definition) is 4. The Labute approximate surface area is 414 Å². The van der Waals surface area contributed by atoms with E-state index in [1.165, 1.54) is 20.3 Å². The van der Waals surface area contributed by atoms with Crippen molar-refractivity contribution < 1.29 is 47.3 Å². The van der Waals surface area contributed by atoms with Crippen molar-refractivity contribution in [2.24, 2.45) is 5.92 Å². The molecule has 3 fully saturated rings. The van der Waals surface area contributed by atoms with Crippen molar-refractivity contribution >= 4 is 34.9 Å². The Kier molecular flexibility index (Phi) is 12.6. The van der Waals surface area contributed by atoms with Crippen molar-refractivity contribution in [1.82, 2.24) is 44.9 Å². The number of nitrogens with one attached hydrogen (secondary N) is 4. The Morgan fingerprint density at radius 1 is 0.819 bits per heavy atom. The number of carbonyl (C=O) groups is 4. The fourth-order valence-electron chi connectivity index (χ4n) is 11.6. The largest absolute Gasteiger partial charge is 0.493 e. The second kappa shape index (κ2) is 19.3. The number of halogens is 1. The van der Waals surface area contributed by atoms with Gasteiger partial charge in [0.05, 0.1) is 85.7 Å². The van der Waals surface area contributed by atoms with E-state index in [-0.39, 0.29) is 48.6 Å². The molecule has 3 aromatic heterocycles. The molecule has 0 bridgehead atoms. The van der Waals surface area contributed by atoms with Gasteiger partial charge in [-0.05, 0) is 113 Å². The zero-order valence-corrected chi connectivity index (χ0v) is 40.7. The summed E-state index contributed by atoms with van der Waals surface area (Å²) in [5.74, 6) is 1.33. The molecule has 0 radical (unpaired) electrons. The minimum atomic E-state index is -0.775. The lowest BCUT2D eigenvalue weighted by Gasteiger charge is -2.38. The van der Waals surface area contributed by atoms with Crippen LogP contribution >= 0.6 is 0 Å². The molecule has 11 rings (SSSR count). The molecule has 5 aliphatic heterocycles. The van der Waals surface area contributed by atoms with E-state index < -0.39 is 30.3 Å². The second-order valence-electron chi connectivity index (χ2n) is 19.5. The fourth-order valence-corrected chi connectivity index (χ4v) is 11.6. The third-order valence-corrected chi connectivity index (χ3v) is 14.9. The zero-order chi connectivity index (χ0) is 49.8. The Morgan fingerprint density at radius 2 is 1.53 bits per heavy atom. The number of fused-ring (bicyclic) bond motifs is 6. The molecule has 0 aliphatic carbocycles. The molecule has 0 spiro atoms. The molecule has 3 aromatic carbocycles. The molecule has 18 nitrogen and oxygen atoms in total. The highest BCUT2D eigenvalue weighted by Crippen LogP contribution is 2.48. The van der Waals surface area contributed by atoms with E-state index in [0.29, 0.717) is 85.3 Å². The standard InChI is InChI=1S/C53H58FN9O9/c1-28-18-35(19-29(2)71-28)47(60-53(67)69-4)50(65)62-16-6-10-41(62)49-55-25-37(58-49)31-13-14-39-34(20-31)22-42-46-36(54)21-33(24-44(46)72-51(63(39)42)32-12-11-30-8-7-17-70-43(30)23-32)38-26-56-48(59-38)40-9-5-15-61(40)45(64)27-57-52(66)68-3/h11-14,20-26,28-29,35,40-41,47,51H,5-10,15-19,27H2,1-4H3,(H,55,58)(H,56,59)(H,57,66)(H,60,67)/t28-,29-,40+,41+,47?,51?/m1/s1. The number of likely N-dealkylation sites (tertiary alicyclic amines) is 2. The summed E-state index contributed by atoms with van der Waals surface area (Å²) in [6, 6.07) is 16.0. The minimum absolute atomic E-state index is 0.0549. The molecule has 5 aliphatic rings. The van der Waals surface area contributed by atoms with Crippen molar-refractivity contribution in [1.29, 1.82) is 0 Å². The lowest BCUT2D eigenvalue weighted by Crippen LogP contribution is -2.54. The number of H-pyrrole nitrogens is 2. The Hall–Kier alpha value is -7.41. The maximum atomic E-state index is 17.0. The topological polar surface area (TPSA) is 207 Å². The summed E-state index contributed by atoms with van der Waals surface area (Å²) in [6.45, 7) is 5.43. The monoisotopic (exact) mass is 983 g/mol. The SMILES string of the molecule is COC(=O)NCC(=O)N1CCC[C@H]1c1ncc(-c2cc(F)c3c(c2)OC(c2ccc4c(c2)OCCC4)n2c-3cc3cc(-c4cnc([C@@H]5CCCN5C(=O)C(NC(=O)OC)C5C[C@@H](C)O[C@H](C)C5)[nH]4)ccc32)[nH]1. The first-order chi connectivity index (χ1) is 34.9. The first-order valence-corrected chi connectivity index (χ1v) is 24.9. The number of nitrogens with zero attached hydrogens (tertiary/aromatic N) is 5. The van der Waals surface area contributed by atoms with E-state index in [1.807, 2.05) is 65.8 Å². The van der Waals surface area contributed by atoms with Gasteiger partial charge in [0.1, 0.15) is 41.6 Å². The number of methoxy groups -OCH3 is 2. The number of aromatic amines is 2. The predicted octanol–water partition coefficient (Wildman–Crippen LogP) is 8.10. The highest BCUT2D eigenvalue weighted by Gasteiger charge is 2.42. The molecule has 72 heavy (non-hydrogen) atoms. The lowest BCUT2D eigenvalue weighted by atomic mass is 9.85. The Bertz CT molecular complexity index is 3070. The van der Waals surface area contributed by atoms with Crippen molar-refractivity contribution in [3.05, 3.63) is 95.6 Å². The van der Waals surface area contributed by atoms with Gasteiger partial charge in [-0.25, -0.2) is 23.9 Å². The molecule has 19 heteroatoms. The van der Waals surface area contributed by atoms with Crippen molar-refractivity contribution in [2.45, 2.75) is 102 Å². The molecule has 0 saturated carbocycles. The quantitative estimate of drug-likeness (QED) is 0.103. The van der Waals surface area contributed by atoms with Gasteiger partial charge in [-0.2, -0.15) is 0 Å². The third kappa shape index (κ3) is 8.76. The maximum Gasteiger partial charge on any atom is 0.407 e. The number of imidazole rings is 2.